The lowest BCUT2D eigenvalue weighted by Crippen LogP contribution is -2.30. The third kappa shape index (κ3) is 2.95. The quantitative estimate of drug-likeness (QED) is 0.854. The fourth-order valence-corrected chi connectivity index (χ4v) is 4.83. The molecule has 0 radical (unpaired) electrons. The van der Waals surface area contributed by atoms with Crippen LogP contribution in [0.25, 0.3) is 0 Å². The second kappa shape index (κ2) is 6.28. The minimum Gasteiger partial charge on any atom is -0.265 e. The summed E-state index contributed by atoms with van der Waals surface area (Å²) in [4.78, 5) is 4.09. The Morgan fingerprint density at radius 2 is 2.00 bits per heavy atom. The van der Waals surface area contributed by atoms with E-state index in [4.69, 9.17) is 16.9 Å². The summed E-state index contributed by atoms with van der Waals surface area (Å²) in [5.41, 5.74) is 1.19. The summed E-state index contributed by atoms with van der Waals surface area (Å²) in [6.45, 7) is 0.465. The Balaban J connectivity index is 1.99. The Kier molecular flexibility index (Phi) is 4.35. The molecule has 0 N–H and O–H groups in total. The van der Waals surface area contributed by atoms with Crippen LogP contribution in [0, 0.1) is 11.3 Å². The highest BCUT2D eigenvalue weighted by atomic mass is 35.5. The maximum absolute atomic E-state index is 12.9. The number of rotatable bonds is 3. The average Bonchev–Trinajstić information content (AvgIpc) is 3.06. The van der Waals surface area contributed by atoms with E-state index in [0.717, 1.165) is 18.4 Å². The number of nitrogens with zero attached hydrogens (tertiary/aromatic N) is 3. The molecule has 0 amide bonds. The molecule has 2 heterocycles. The van der Waals surface area contributed by atoms with Crippen molar-refractivity contribution in [1.82, 2.24) is 9.29 Å². The molecular formula is C16H14ClN3O2S. The van der Waals surface area contributed by atoms with Gasteiger partial charge in [0.2, 0.25) is 10.0 Å². The fraction of sp³-hybridized carbons (Fsp3) is 0.250. The summed E-state index contributed by atoms with van der Waals surface area (Å²) >= 11 is 5.98. The van der Waals surface area contributed by atoms with Crippen molar-refractivity contribution >= 4 is 21.6 Å². The van der Waals surface area contributed by atoms with Gasteiger partial charge in [0.05, 0.1) is 21.5 Å². The van der Waals surface area contributed by atoms with Gasteiger partial charge in [-0.2, -0.15) is 9.57 Å². The van der Waals surface area contributed by atoms with Gasteiger partial charge in [0, 0.05) is 18.9 Å². The van der Waals surface area contributed by atoms with Crippen LogP contribution in [0.5, 0.6) is 0 Å². The molecule has 0 unspecified atom stereocenters. The van der Waals surface area contributed by atoms with E-state index in [1.807, 2.05) is 18.2 Å². The zero-order chi connectivity index (χ0) is 16.4. The minimum absolute atomic E-state index is 0.113. The van der Waals surface area contributed by atoms with Gasteiger partial charge in [-0.1, -0.05) is 11.6 Å². The van der Waals surface area contributed by atoms with Crippen molar-refractivity contribution in [2.75, 3.05) is 6.54 Å². The zero-order valence-corrected chi connectivity index (χ0v) is 13.8. The van der Waals surface area contributed by atoms with Crippen molar-refractivity contribution in [2.24, 2.45) is 0 Å². The van der Waals surface area contributed by atoms with Gasteiger partial charge in [-0.15, -0.1) is 0 Å². The largest absolute Gasteiger partial charge is 0.265 e. The number of pyridine rings is 1. The molecule has 23 heavy (non-hydrogen) atoms. The van der Waals surface area contributed by atoms with E-state index in [1.54, 1.807) is 12.4 Å². The lowest BCUT2D eigenvalue weighted by atomic mass is 10.1. The molecule has 1 atom stereocenters. The summed E-state index contributed by atoms with van der Waals surface area (Å²) < 4.78 is 27.4. The molecule has 0 saturated carbocycles. The first kappa shape index (κ1) is 15.9. The number of halogens is 1. The first-order valence-electron chi connectivity index (χ1n) is 7.15. The number of nitriles is 1. The predicted octanol–water partition coefficient (Wildman–Crippen LogP) is 3.13. The van der Waals surface area contributed by atoms with E-state index in [9.17, 15) is 8.42 Å². The number of sulfonamides is 1. The summed E-state index contributed by atoms with van der Waals surface area (Å²) in [5, 5.41) is 9.06. The Labute approximate surface area is 140 Å². The molecule has 1 aliphatic heterocycles. The van der Waals surface area contributed by atoms with Crippen LogP contribution in [0.15, 0.2) is 47.6 Å². The highest BCUT2D eigenvalue weighted by Gasteiger charge is 2.36. The van der Waals surface area contributed by atoms with Crippen LogP contribution >= 0.6 is 11.6 Å². The van der Waals surface area contributed by atoms with Crippen molar-refractivity contribution in [3.05, 3.63) is 58.9 Å². The maximum Gasteiger partial charge on any atom is 0.243 e. The van der Waals surface area contributed by atoms with E-state index >= 15 is 0 Å². The molecule has 5 nitrogen and oxygen atoms in total. The topological polar surface area (TPSA) is 74.1 Å². The minimum atomic E-state index is -3.66. The molecule has 0 aliphatic carbocycles. The van der Waals surface area contributed by atoms with E-state index in [-0.39, 0.29) is 21.5 Å². The Hall–Kier alpha value is -1.94. The highest BCUT2D eigenvalue weighted by molar-refractivity contribution is 7.89. The first-order valence-corrected chi connectivity index (χ1v) is 8.97. The summed E-state index contributed by atoms with van der Waals surface area (Å²) in [5.74, 6) is 0. The smallest absolute Gasteiger partial charge is 0.243 e. The second-order valence-electron chi connectivity index (χ2n) is 5.31. The normalized spacial score (nSPS) is 18.7. The van der Waals surface area contributed by atoms with Gasteiger partial charge in [-0.25, -0.2) is 8.42 Å². The fourth-order valence-electron chi connectivity index (χ4n) is 2.83. The summed E-state index contributed by atoms with van der Waals surface area (Å²) in [6, 6.07) is 9.62. The van der Waals surface area contributed by atoms with Crippen molar-refractivity contribution in [3.8, 4) is 6.07 Å². The maximum atomic E-state index is 12.9. The van der Waals surface area contributed by atoms with Gasteiger partial charge in [-0.05, 0) is 48.7 Å². The van der Waals surface area contributed by atoms with Gasteiger partial charge < -0.3 is 0 Å². The Morgan fingerprint density at radius 3 is 2.65 bits per heavy atom. The van der Waals surface area contributed by atoms with Crippen LogP contribution < -0.4 is 0 Å². The van der Waals surface area contributed by atoms with Crippen molar-refractivity contribution < 1.29 is 8.42 Å². The highest BCUT2D eigenvalue weighted by Crippen LogP contribution is 2.36. The number of aromatic nitrogens is 1. The molecule has 0 spiro atoms. The SMILES string of the molecule is N#Cc1ccc(S(=O)(=O)N2CCC[C@@H]2c2ccncc2)cc1Cl. The lowest BCUT2D eigenvalue weighted by molar-refractivity contribution is 0.396. The molecule has 3 rings (SSSR count). The second-order valence-corrected chi connectivity index (χ2v) is 7.61. The molecule has 7 heteroatoms. The molecule has 1 saturated heterocycles. The molecule has 1 aromatic carbocycles. The van der Waals surface area contributed by atoms with Gasteiger partial charge in [0.15, 0.2) is 0 Å². The van der Waals surface area contributed by atoms with E-state index in [1.165, 1.54) is 22.5 Å². The Morgan fingerprint density at radius 1 is 1.26 bits per heavy atom. The van der Waals surface area contributed by atoms with Crippen LogP contribution in [0.4, 0.5) is 0 Å². The molecule has 1 fully saturated rings. The van der Waals surface area contributed by atoms with Gasteiger partial charge >= 0.3 is 0 Å². The molecule has 118 valence electrons. The number of benzene rings is 1. The van der Waals surface area contributed by atoms with Crippen molar-refractivity contribution in [1.29, 1.82) is 5.26 Å². The van der Waals surface area contributed by atoms with Gasteiger partial charge in [0.1, 0.15) is 6.07 Å². The van der Waals surface area contributed by atoms with Gasteiger partial charge in [0.25, 0.3) is 0 Å². The van der Waals surface area contributed by atoms with Crippen molar-refractivity contribution in [3.63, 3.8) is 0 Å². The Bertz CT molecular complexity index is 863. The first-order chi connectivity index (χ1) is 11.0. The van der Waals surface area contributed by atoms with Gasteiger partial charge in [-0.3, -0.25) is 4.98 Å². The standard InChI is InChI=1S/C16H14ClN3O2S/c17-15-10-14(4-3-13(15)11-18)23(21,22)20-9-1-2-16(20)12-5-7-19-8-6-12/h3-8,10,16H,1-2,9H2/t16-/m1/s1. The molecular weight excluding hydrogens is 334 g/mol. The number of hydrogen-bond donors (Lipinski definition) is 0. The third-order valence-electron chi connectivity index (χ3n) is 3.96. The van der Waals surface area contributed by atoms with Crippen LogP contribution in [0.2, 0.25) is 5.02 Å². The third-order valence-corrected chi connectivity index (χ3v) is 6.18. The van der Waals surface area contributed by atoms with Crippen LogP contribution in [-0.2, 0) is 10.0 Å². The van der Waals surface area contributed by atoms with E-state index in [2.05, 4.69) is 4.98 Å². The van der Waals surface area contributed by atoms with Crippen molar-refractivity contribution in [2.45, 2.75) is 23.8 Å². The molecule has 1 aromatic heterocycles. The average molecular weight is 348 g/mol. The molecule has 2 aromatic rings. The molecule has 0 bridgehead atoms. The monoisotopic (exact) mass is 347 g/mol. The number of hydrogen-bond acceptors (Lipinski definition) is 4. The predicted molar refractivity (Wildman–Crippen MR) is 86.3 cm³/mol. The summed E-state index contributed by atoms with van der Waals surface area (Å²) in [7, 11) is -3.66. The summed E-state index contributed by atoms with van der Waals surface area (Å²) in [6.07, 6.45) is 4.90. The molecule has 1 aliphatic rings. The van der Waals surface area contributed by atoms with E-state index < -0.39 is 10.0 Å². The van der Waals surface area contributed by atoms with Crippen LogP contribution in [0.3, 0.4) is 0 Å². The van der Waals surface area contributed by atoms with Crippen LogP contribution in [0.1, 0.15) is 30.0 Å². The van der Waals surface area contributed by atoms with E-state index in [0.29, 0.717) is 6.54 Å². The van der Waals surface area contributed by atoms with Crippen LogP contribution in [-0.4, -0.2) is 24.3 Å². The lowest BCUT2D eigenvalue weighted by Gasteiger charge is -2.24. The zero-order valence-electron chi connectivity index (χ0n) is 12.2.